The number of nitrogens with zero attached hydrogens (tertiary/aromatic N) is 4. The average molecular weight is 389 g/mol. The van der Waals surface area contributed by atoms with Gasteiger partial charge in [0.1, 0.15) is 5.82 Å². The van der Waals surface area contributed by atoms with Crippen molar-refractivity contribution < 1.29 is 4.79 Å². The molecule has 1 heterocycles. The van der Waals surface area contributed by atoms with Crippen molar-refractivity contribution in [1.82, 2.24) is 14.8 Å². The van der Waals surface area contributed by atoms with Crippen LogP contribution in [-0.2, 0) is 4.79 Å². The minimum Gasteiger partial charge on any atom is -0.325 e. The Morgan fingerprint density at radius 1 is 1.25 bits per heavy atom. The lowest BCUT2D eigenvalue weighted by Gasteiger charge is -2.10. The van der Waals surface area contributed by atoms with Gasteiger partial charge >= 0.3 is 0 Å². The molecule has 1 aromatic heterocycles. The Labute approximate surface area is 167 Å². The molecule has 2 aromatic carbocycles. The van der Waals surface area contributed by atoms with Gasteiger partial charge in [-0.1, -0.05) is 36.0 Å². The summed E-state index contributed by atoms with van der Waals surface area (Å²) in [5.41, 5.74) is 2.10. The minimum absolute atomic E-state index is 0.149. The molecule has 0 radical (unpaired) electrons. The Kier molecular flexibility index (Phi) is 5.13. The summed E-state index contributed by atoms with van der Waals surface area (Å²) in [6.45, 7) is 1.83. The fraction of sp³-hybridized carbons (Fsp3) is 0.238. The SMILES string of the molecule is C[C@@H](Sc1nc(C2CC2)n(-c2ccccc2)n1)C(=O)Nc1cccc(C#N)c1. The molecular formula is C21H19N5OS. The molecule has 0 saturated heterocycles. The van der Waals surface area contributed by atoms with Gasteiger partial charge in [-0.05, 0) is 50.1 Å². The lowest BCUT2D eigenvalue weighted by atomic mass is 10.2. The molecule has 140 valence electrons. The number of nitrogens with one attached hydrogen (secondary N) is 1. The van der Waals surface area contributed by atoms with Crippen LogP contribution in [0.5, 0.6) is 0 Å². The second-order valence-corrected chi connectivity index (χ2v) is 8.02. The fourth-order valence-corrected chi connectivity index (χ4v) is 3.60. The van der Waals surface area contributed by atoms with Crippen LogP contribution in [-0.4, -0.2) is 25.9 Å². The van der Waals surface area contributed by atoms with E-state index in [0.29, 0.717) is 22.3 Å². The van der Waals surface area contributed by atoms with E-state index in [9.17, 15) is 4.79 Å². The molecule has 1 atom stereocenters. The summed E-state index contributed by atoms with van der Waals surface area (Å²) in [7, 11) is 0. The van der Waals surface area contributed by atoms with Gasteiger partial charge in [0.2, 0.25) is 11.1 Å². The monoisotopic (exact) mass is 389 g/mol. The van der Waals surface area contributed by atoms with Crippen molar-refractivity contribution in [2.24, 2.45) is 0 Å². The third kappa shape index (κ3) is 4.07. The largest absolute Gasteiger partial charge is 0.325 e. The Morgan fingerprint density at radius 3 is 2.75 bits per heavy atom. The average Bonchev–Trinajstić information content (AvgIpc) is 3.49. The molecule has 7 heteroatoms. The molecule has 1 aliphatic carbocycles. The zero-order valence-corrected chi connectivity index (χ0v) is 16.2. The zero-order valence-electron chi connectivity index (χ0n) is 15.4. The van der Waals surface area contributed by atoms with Crippen LogP contribution in [0, 0.1) is 11.3 Å². The molecule has 0 unspecified atom stereocenters. The summed E-state index contributed by atoms with van der Waals surface area (Å²) in [6.07, 6.45) is 2.25. The molecule has 0 spiro atoms. The van der Waals surface area contributed by atoms with Crippen molar-refractivity contribution in [1.29, 1.82) is 5.26 Å². The number of anilines is 1. The van der Waals surface area contributed by atoms with Crippen LogP contribution in [0.3, 0.4) is 0 Å². The maximum atomic E-state index is 12.5. The van der Waals surface area contributed by atoms with E-state index in [-0.39, 0.29) is 11.2 Å². The molecule has 1 amide bonds. The summed E-state index contributed by atoms with van der Waals surface area (Å²) < 4.78 is 1.89. The third-order valence-electron chi connectivity index (χ3n) is 4.47. The summed E-state index contributed by atoms with van der Waals surface area (Å²) in [5.74, 6) is 1.26. The number of benzene rings is 2. The van der Waals surface area contributed by atoms with E-state index in [1.807, 2.05) is 41.9 Å². The summed E-state index contributed by atoms with van der Waals surface area (Å²) in [6, 6.07) is 18.9. The van der Waals surface area contributed by atoms with Crippen molar-refractivity contribution in [2.75, 3.05) is 5.32 Å². The highest BCUT2D eigenvalue weighted by molar-refractivity contribution is 8.00. The van der Waals surface area contributed by atoms with Crippen LogP contribution >= 0.6 is 11.8 Å². The van der Waals surface area contributed by atoms with Gasteiger partial charge in [0.05, 0.1) is 22.6 Å². The molecule has 6 nitrogen and oxygen atoms in total. The number of aromatic nitrogens is 3. The number of hydrogen-bond donors (Lipinski definition) is 1. The Bertz CT molecular complexity index is 1040. The van der Waals surface area contributed by atoms with E-state index < -0.39 is 0 Å². The highest BCUT2D eigenvalue weighted by Crippen LogP contribution is 2.40. The van der Waals surface area contributed by atoms with Gasteiger partial charge in [0, 0.05) is 11.6 Å². The molecule has 3 aromatic rings. The number of nitriles is 1. The fourth-order valence-electron chi connectivity index (χ4n) is 2.84. The summed E-state index contributed by atoms with van der Waals surface area (Å²) in [4.78, 5) is 17.2. The van der Waals surface area contributed by atoms with Gasteiger partial charge in [-0.3, -0.25) is 4.79 Å². The van der Waals surface area contributed by atoms with E-state index in [4.69, 9.17) is 10.2 Å². The molecule has 0 aliphatic heterocycles. The Morgan fingerprint density at radius 2 is 2.04 bits per heavy atom. The number of rotatable bonds is 6. The second kappa shape index (κ2) is 7.87. The molecule has 4 rings (SSSR count). The first-order valence-corrected chi connectivity index (χ1v) is 10.0. The zero-order chi connectivity index (χ0) is 19.5. The lowest BCUT2D eigenvalue weighted by Crippen LogP contribution is -2.22. The first-order chi connectivity index (χ1) is 13.6. The van der Waals surface area contributed by atoms with Crippen molar-refractivity contribution in [2.45, 2.75) is 36.1 Å². The third-order valence-corrected chi connectivity index (χ3v) is 5.42. The molecule has 0 bridgehead atoms. The minimum atomic E-state index is -0.371. The Hall–Kier alpha value is -3.11. The van der Waals surface area contributed by atoms with Crippen LogP contribution in [0.25, 0.3) is 5.69 Å². The highest BCUT2D eigenvalue weighted by atomic mass is 32.2. The summed E-state index contributed by atoms with van der Waals surface area (Å²) in [5, 5.41) is 16.7. The topological polar surface area (TPSA) is 83.6 Å². The van der Waals surface area contributed by atoms with Gasteiger partial charge in [-0.15, -0.1) is 5.10 Å². The standard InChI is InChI=1S/C21H19N5OS/c1-14(20(27)23-17-7-5-6-15(12-17)13-22)28-21-24-19(16-10-11-16)26(25-21)18-8-3-2-4-9-18/h2-9,12,14,16H,10-11H2,1H3,(H,23,27)/t14-/m1/s1. The first kappa shape index (κ1) is 18.3. The maximum Gasteiger partial charge on any atom is 0.237 e. The number of thioether (sulfide) groups is 1. The van der Waals surface area contributed by atoms with E-state index in [1.165, 1.54) is 11.8 Å². The second-order valence-electron chi connectivity index (χ2n) is 6.72. The van der Waals surface area contributed by atoms with Crippen LogP contribution in [0.15, 0.2) is 59.8 Å². The number of carbonyl (C=O) groups is 1. The first-order valence-electron chi connectivity index (χ1n) is 9.14. The predicted molar refractivity (Wildman–Crippen MR) is 108 cm³/mol. The van der Waals surface area contributed by atoms with Crippen molar-refractivity contribution in [3.8, 4) is 11.8 Å². The van der Waals surface area contributed by atoms with Crippen molar-refractivity contribution in [3.63, 3.8) is 0 Å². The normalized spacial score (nSPS) is 14.3. The number of para-hydroxylation sites is 1. The number of amides is 1. The van der Waals surface area contributed by atoms with Crippen molar-refractivity contribution >= 4 is 23.4 Å². The Balaban J connectivity index is 1.49. The van der Waals surface area contributed by atoms with Gasteiger partial charge in [-0.2, -0.15) is 5.26 Å². The predicted octanol–water partition coefficient (Wildman–Crippen LogP) is 4.14. The lowest BCUT2D eigenvalue weighted by molar-refractivity contribution is -0.115. The van der Waals surface area contributed by atoms with Gasteiger partial charge in [0.25, 0.3) is 0 Å². The molecule has 28 heavy (non-hydrogen) atoms. The van der Waals surface area contributed by atoms with Gasteiger partial charge in [-0.25, -0.2) is 9.67 Å². The van der Waals surface area contributed by atoms with Crippen molar-refractivity contribution in [3.05, 3.63) is 66.0 Å². The van der Waals surface area contributed by atoms with Gasteiger partial charge in [0.15, 0.2) is 0 Å². The molecule has 1 fully saturated rings. The maximum absolute atomic E-state index is 12.5. The molecule has 1 N–H and O–H groups in total. The van der Waals surface area contributed by atoms with E-state index >= 15 is 0 Å². The van der Waals surface area contributed by atoms with Crippen LogP contribution in [0.2, 0.25) is 0 Å². The molecular weight excluding hydrogens is 370 g/mol. The number of carbonyl (C=O) groups excluding carboxylic acids is 1. The molecule has 1 saturated carbocycles. The summed E-state index contributed by atoms with van der Waals surface area (Å²) >= 11 is 1.34. The quantitative estimate of drug-likeness (QED) is 0.641. The van der Waals surface area contributed by atoms with E-state index in [2.05, 4.69) is 16.5 Å². The van der Waals surface area contributed by atoms with E-state index in [0.717, 1.165) is 24.4 Å². The molecule has 1 aliphatic rings. The van der Waals surface area contributed by atoms with Gasteiger partial charge < -0.3 is 5.32 Å². The van der Waals surface area contributed by atoms with Crippen LogP contribution in [0.4, 0.5) is 5.69 Å². The smallest absolute Gasteiger partial charge is 0.237 e. The van der Waals surface area contributed by atoms with Crippen LogP contribution < -0.4 is 5.32 Å². The highest BCUT2D eigenvalue weighted by Gasteiger charge is 2.31. The number of hydrogen-bond acceptors (Lipinski definition) is 5. The van der Waals surface area contributed by atoms with E-state index in [1.54, 1.807) is 24.3 Å². The van der Waals surface area contributed by atoms with Crippen LogP contribution in [0.1, 0.15) is 37.1 Å².